The molecule has 0 unspecified atom stereocenters. The second kappa shape index (κ2) is 9.87. The summed E-state index contributed by atoms with van der Waals surface area (Å²) in [6, 6.07) is 8.27. The summed E-state index contributed by atoms with van der Waals surface area (Å²) in [7, 11) is -8.45. The first-order valence-corrected chi connectivity index (χ1v) is 19.1. The highest BCUT2D eigenvalue weighted by molar-refractivity contribution is 6.95. The van der Waals surface area contributed by atoms with E-state index < -0.39 is 49.1 Å². The predicted molar refractivity (Wildman–Crippen MR) is 135 cm³/mol. The van der Waals surface area contributed by atoms with Crippen molar-refractivity contribution < 1.29 is 47.8 Å². The van der Waals surface area contributed by atoms with Crippen LogP contribution in [0.5, 0.6) is 0 Å². The summed E-state index contributed by atoms with van der Waals surface area (Å²) in [5.74, 6) is -5.38. The maximum absolute atomic E-state index is 11.6. The van der Waals surface area contributed by atoms with Crippen LogP contribution < -0.4 is 10.4 Å². The fraction of sp³-hybridized carbons (Fsp3) is 0.273. The molecular weight excluding hydrogens is 508 g/mol. The number of benzene rings is 2. The summed E-state index contributed by atoms with van der Waals surface area (Å²) in [6.45, 7) is 11.1. The van der Waals surface area contributed by atoms with Crippen molar-refractivity contribution in [1.82, 2.24) is 0 Å². The van der Waals surface area contributed by atoms with Crippen molar-refractivity contribution in [3.63, 3.8) is 0 Å². The van der Waals surface area contributed by atoms with Gasteiger partial charge in [-0.15, -0.1) is 0 Å². The monoisotopic (exact) mass is 536 g/mol. The van der Waals surface area contributed by atoms with E-state index in [0.717, 1.165) is 0 Å². The highest BCUT2D eigenvalue weighted by Gasteiger charge is 2.42. The third-order valence-corrected chi connectivity index (χ3v) is 16.8. The molecule has 4 N–H and O–H groups in total. The van der Waals surface area contributed by atoms with E-state index in [2.05, 4.69) is 0 Å². The van der Waals surface area contributed by atoms with E-state index in [4.69, 9.17) is 8.23 Å². The Hall–Kier alpha value is -3.11. The van der Waals surface area contributed by atoms with E-state index in [1.54, 1.807) is 12.1 Å². The number of carbonyl (C=O) groups is 4. The first-order chi connectivity index (χ1) is 15.9. The van der Waals surface area contributed by atoms with E-state index in [-0.39, 0.29) is 22.3 Å². The smallest absolute Gasteiger partial charge is 0.336 e. The summed E-state index contributed by atoms with van der Waals surface area (Å²) < 4.78 is 13.0. The molecule has 35 heavy (non-hydrogen) atoms. The molecule has 0 bridgehead atoms. The Labute approximate surface area is 205 Å². The van der Waals surface area contributed by atoms with Crippen LogP contribution in [-0.4, -0.2) is 69.5 Å². The maximum atomic E-state index is 11.6. The van der Waals surface area contributed by atoms with Gasteiger partial charge in [0.15, 0.2) is 0 Å². The quantitative estimate of drug-likeness (QED) is 0.331. The molecule has 188 valence electrons. The summed E-state index contributed by atoms with van der Waals surface area (Å²) in [6.07, 6.45) is 0. The lowest BCUT2D eigenvalue weighted by Crippen LogP contribution is -2.59. The van der Waals surface area contributed by atoms with Crippen LogP contribution in [0.25, 0.3) is 0 Å². The molecule has 0 aliphatic rings. The van der Waals surface area contributed by atoms with Crippen molar-refractivity contribution in [2.45, 2.75) is 39.3 Å². The Kier molecular flexibility index (Phi) is 7.93. The van der Waals surface area contributed by atoms with Gasteiger partial charge in [0, 0.05) is 0 Å². The Bertz CT molecular complexity index is 1110. The zero-order valence-electron chi connectivity index (χ0n) is 20.2. The van der Waals surface area contributed by atoms with E-state index in [9.17, 15) is 39.6 Å². The van der Waals surface area contributed by atoms with Gasteiger partial charge >= 0.3 is 32.4 Å². The lowest BCUT2D eigenvalue weighted by atomic mass is 10.1. The first-order valence-electron chi connectivity index (χ1n) is 10.5. The number of carboxylic acid groups (broad SMARTS) is 4. The summed E-state index contributed by atoms with van der Waals surface area (Å²) in [5.41, 5.74) is -1.28. The highest BCUT2D eigenvalue weighted by atomic mass is 28.5. The molecule has 2 aromatic carbocycles. The summed E-state index contributed by atoms with van der Waals surface area (Å²) in [5, 5.41) is 38.6. The van der Waals surface area contributed by atoms with Gasteiger partial charge in [-0.05, 0) is 73.9 Å². The molecule has 0 aromatic heterocycles. The molecule has 0 fully saturated rings. The van der Waals surface area contributed by atoms with Crippen LogP contribution in [0.4, 0.5) is 0 Å². The summed E-state index contributed by atoms with van der Waals surface area (Å²) in [4.78, 5) is 45.9. The third kappa shape index (κ3) is 6.52. The Morgan fingerprint density at radius 2 is 0.829 bits per heavy atom. The molecule has 0 aliphatic heterocycles. The van der Waals surface area contributed by atoms with Crippen LogP contribution in [-0.2, 0) is 8.23 Å². The zero-order chi connectivity index (χ0) is 26.9. The average molecular weight is 537 g/mol. The standard InChI is InChI=1S/C22H28O10Si3/c1-33(2,13-7-9-15(19(23)24)17(11-13)21(27)28)31-35(5,6)32-34(3,4)14-8-10-16(20(25)26)18(12-14)22(29)30/h7-12H,1-6H3,(H,23,24)(H,25,26)(H,27,28)(H,29,30). The minimum absolute atomic E-state index is 0.314. The minimum Gasteiger partial charge on any atom is -0.478 e. The molecule has 0 saturated heterocycles. The van der Waals surface area contributed by atoms with Gasteiger partial charge in [-0.2, -0.15) is 0 Å². The zero-order valence-corrected chi connectivity index (χ0v) is 23.2. The molecule has 0 amide bonds. The molecular formula is C22H28O10Si3. The lowest BCUT2D eigenvalue weighted by Gasteiger charge is -2.39. The predicted octanol–water partition coefficient (Wildman–Crippen LogP) is 2.74. The van der Waals surface area contributed by atoms with Crippen LogP contribution in [0.2, 0.25) is 39.3 Å². The molecule has 0 radical (unpaired) electrons. The molecule has 0 heterocycles. The van der Waals surface area contributed by atoms with Gasteiger partial charge in [0.2, 0.25) is 16.6 Å². The molecule has 0 spiro atoms. The molecule has 2 aromatic rings. The number of carboxylic acids is 4. The van der Waals surface area contributed by atoms with Crippen LogP contribution >= 0.6 is 0 Å². The first kappa shape index (κ1) is 28.1. The van der Waals surface area contributed by atoms with Gasteiger partial charge in [0.25, 0.3) is 0 Å². The summed E-state index contributed by atoms with van der Waals surface area (Å²) >= 11 is 0. The second-order valence-electron chi connectivity index (χ2n) is 9.37. The van der Waals surface area contributed by atoms with E-state index in [0.29, 0.717) is 10.4 Å². The van der Waals surface area contributed by atoms with Crippen LogP contribution in [0.15, 0.2) is 36.4 Å². The molecule has 13 heteroatoms. The fourth-order valence-electron chi connectivity index (χ4n) is 3.93. The van der Waals surface area contributed by atoms with Crippen molar-refractivity contribution in [2.24, 2.45) is 0 Å². The van der Waals surface area contributed by atoms with Gasteiger partial charge in [-0.1, -0.05) is 12.1 Å². The topological polar surface area (TPSA) is 168 Å². The minimum atomic E-state index is -2.90. The van der Waals surface area contributed by atoms with Crippen molar-refractivity contribution in [1.29, 1.82) is 0 Å². The molecule has 2 rings (SSSR count). The van der Waals surface area contributed by atoms with Gasteiger partial charge in [0.05, 0.1) is 22.3 Å². The second-order valence-corrected chi connectivity index (χ2v) is 21.0. The van der Waals surface area contributed by atoms with Crippen molar-refractivity contribution in [2.75, 3.05) is 0 Å². The van der Waals surface area contributed by atoms with E-state index in [1.165, 1.54) is 24.3 Å². The Morgan fingerprint density at radius 3 is 1.09 bits per heavy atom. The number of aromatic carboxylic acids is 4. The van der Waals surface area contributed by atoms with Gasteiger partial charge < -0.3 is 28.7 Å². The van der Waals surface area contributed by atoms with Crippen molar-refractivity contribution >= 4 is 59.4 Å². The van der Waals surface area contributed by atoms with Crippen LogP contribution in [0, 0.1) is 0 Å². The highest BCUT2D eigenvalue weighted by Crippen LogP contribution is 2.22. The average Bonchev–Trinajstić information content (AvgIpc) is 2.70. The van der Waals surface area contributed by atoms with Crippen LogP contribution in [0.1, 0.15) is 41.4 Å². The van der Waals surface area contributed by atoms with Crippen molar-refractivity contribution in [3.8, 4) is 0 Å². The van der Waals surface area contributed by atoms with E-state index in [1.807, 2.05) is 39.3 Å². The normalized spacial score (nSPS) is 12.3. The Balaban J connectivity index is 2.38. The largest absolute Gasteiger partial charge is 0.478 e. The van der Waals surface area contributed by atoms with Gasteiger partial charge in [-0.25, -0.2) is 19.2 Å². The Morgan fingerprint density at radius 1 is 0.543 bits per heavy atom. The maximum Gasteiger partial charge on any atom is 0.336 e. The van der Waals surface area contributed by atoms with Gasteiger partial charge in [0.1, 0.15) is 0 Å². The molecule has 10 nitrogen and oxygen atoms in total. The third-order valence-electron chi connectivity index (χ3n) is 5.35. The lowest BCUT2D eigenvalue weighted by molar-refractivity contribution is 0.0651. The molecule has 0 aliphatic carbocycles. The van der Waals surface area contributed by atoms with Crippen LogP contribution in [0.3, 0.4) is 0 Å². The SMILES string of the molecule is C[Si](C)(O[Si](C)(C)c1ccc(C(=O)O)c(C(=O)O)c1)O[Si](C)(C)c1ccc(C(=O)O)c(C(=O)O)c1. The van der Waals surface area contributed by atoms with Gasteiger partial charge in [-0.3, -0.25) is 0 Å². The molecule has 0 saturated carbocycles. The van der Waals surface area contributed by atoms with E-state index >= 15 is 0 Å². The number of hydrogen-bond donors (Lipinski definition) is 4. The van der Waals surface area contributed by atoms with Crippen molar-refractivity contribution in [3.05, 3.63) is 58.7 Å². The molecule has 0 atom stereocenters. The number of hydrogen-bond acceptors (Lipinski definition) is 6. The number of rotatable bonds is 10. The fourth-order valence-corrected chi connectivity index (χ4v) is 17.2.